The van der Waals surface area contributed by atoms with E-state index in [1.54, 1.807) is 0 Å². The first kappa shape index (κ1) is 36.1. The minimum atomic E-state index is -0.127. The molecule has 3 aliphatic carbocycles. The van der Waals surface area contributed by atoms with Crippen LogP contribution < -0.4 is 0 Å². The average molecular weight is 781 g/mol. The largest absolute Gasteiger partial charge is 0.0619 e. The van der Waals surface area contributed by atoms with E-state index in [-0.39, 0.29) is 16.2 Å². The Morgan fingerprint density at radius 2 is 0.541 bits per heavy atom. The predicted molar refractivity (Wildman–Crippen MR) is 258 cm³/mol. The van der Waals surface area contributed by atoms with E-state index in [2.05, 4.69) is 224 Å². The van der Waals surface area contributed by atoms with Crippen LogP contribution in [-0.4, -0.2) is 0 Å². The minimum Gasteiger partial charge on any atom is -0.0619 e. The lowest BCUT2D eigenvalue weighted by molar-refractivity contribution is 0.659. The van der Waals surface area contributed by atoms with Crippen LogP contribution in [0.15, 0.2) is 182 Å². The molecule has 0 saturated heterocycles. The van der Waals surface area contributed by atoms with E-state index in [0.717, 1.165) is 0 Å². The molecule has 0 atom stereocenters. The third kappa shape index (κ3) is 5.18. The lowest BCUT2D eigenvalue weighted by atomic mass is 9.79. The molecule has 61 heavy (non-hydrogen) atoms. The van der Waals surface area contributed by atoms with E-state index in [4.69, 9.17) is 0 Å². The number of benzene rings is 9. The van der Waals surface area contributed by atoms with Crippen molar-refractivity contribution in [3.63, 3.8) is 0 Å². The molecule has 0 heterocycles. The van der Waals surface area contributed by atoms with Crippen LogP contribution in [0.3, 0.4) is 0 Å². The van der Waals surface area contributed by atoms with Crippen molar-refractivity contribution >= 4 is 10.8 Å². The second-order valence-electron chi connectivity index (χ2n) is 19.3. The van der Waals surface area contributed by atoms with Gasteiger partial charge in [0, 0.05) is 16.2 Å². The molecule has 292 valence electrons. The second-order valence-corrected chi connectivity index (χ2v) is 19.3. The minimum absolute atomic E-state index is 0.0182. The highest BCUT2D eigenvalue weighted by atomic mass is 14.4. The van der Waals surface area contributed by atoms with Gasteiger partial charge in [-0.2, -0.15) is 0 Å². The molecule has 0 N–H and O–H groups in total. The van der Waals surface area contributed by atoms with Gasteiger partial charge < -0.3 is 0 Å². The summed E-state index contributed by atoms with van der Waals surface area (Å²) in [5.41, 5.74) is 26.5. The number of hydrogen-bond acceptors (Lipinski definition) is 0. The molecule has 9 aromatic rings. The topological polar surface area (TPSA) is 0 Å². The molecule has 0 aliphatic heterocycles. The Bertz CT molecular complexity index is 3310. The summed E-state index contributed by atoms with van der Waals surface area (Å²) in [6.07, 6.45) is 0. The molecule has 0 amide bonds. The molecule has 0 bridgehead atoms. The molecule has 0 fully saturated rings. The highest BCUT2D eigenvalue weighted by Crippen LogP contribution is 2.54. The molecule has 12 rings (SSSR count). The van der Waals surface area contributed by atoms with Crippen molar-refractivity contribution in [2.45, 2.75) is 57.8 Å². The summed E-state index contributed by atoms with van der Waals surface area (Å²) in [5.74, 6) is 0. The quantitative estimate of drug-likeness (QED) is 0.167. The molecule has 9 aromatic carbocycles. The second kappa shape index (κ2) is 12.6. The molecule has 0 radical (unpaired) electrons. The van der Waals surface area contributed by atoms with Gasteiger partial charge in [0.25, 0.3) is 0 Å². The van der Waals surface area contributed by atoms with Gasteiger partial charge >= 0.3 is 0 Å². The summed E-state index contributed by atoms with van der Waals surface area (Å²) in [7, 11) is 0. The molecule has 0 aromatic heterocycles. The standard InChI is InChI=1S/C61H48/c1-59(2)53-17-10-9-15-47(53)48-28-23-41(33-54(48)59)42-24-30-51-52-31-26-44(36-58(52)61(5,6)57(51)34-42)43-25-29-50-49-27-22-40(32-55(49)60(3,4)56(50)35-43)37-18-20-39(21-19-37)46-16-11-13-38-12-7-8-14-45(38)46/h7-36H,1-6H3. The Balaban J connectivity index is 0.842. The SMILES string of the molecule is CC1(C)c2ccccc2-c2ccc(-c3ccc4c(c3)C(C)(C)c3cc(-c5ccc6c(c5)C(C)(C)c5cc(-c7ccc(-c8cccc9ccccc89)cc7)ccc5-6)ccc3-4)cc21. The normalized spacial score (nSPS) is 15.4. The van der Waals surface area contributed by atoms with Gasteiger partial charge in [0.05, 0.1) is 0 Å². The monoisotopic (exact) mass is 780 g/mol. The van der Waals surface area contributed by atoms with Gasteiger partial charge in [-0.15, -0.1) is 0 Å². The van der Waals surface area contributed by atoms with Crippen LogP contribution in [0.25, 0.3) is 88.7 Å². The van der Waals surface area contributed by atoms with E-state index in [1.807, 2.05) is 0 Å². The van der Waals surface area contributed by atoms with Crippen molar-refractivity contribution in [1.82, 2.24) is 0 Å². The number of rotatable bonds is 4. The average Bonchev–Trinajstić information content (AvgIpc) is 3.77. The van der Waals surface area contributed by atoms with Gasteiger partial charge in [0.2, 0.25) is 0 Å². The molecule has 0 heteroatoms. The fourth-order valence-electron chi connectivity index (χ4n) is 11.4. The molecular formula is C61H48. The zero-order chi connectivity index (χ0) is 41.4. The van der Waals surface area contributed by atoms with Crippen molar-refractivity contribution in [1.29, 1.82) is 0 Å². The van der Waals surface area contributed by atoms with Gasteiger partial charge in [0.1, 0.15) is 0 Å². The summed E-state index contributed by atoms with van der Waals surface area (Å²) in [4.78, 5) is 0. The fourth-order valence-corrected chi connectivity index (χ4v) is 11.4. The fraction of sp³-hybridized carbons (Fsp3) is 0.148. The first-order chi connectivity index (χ1) is 29.5. The van der Waals surface area contributed by atoms with Crippen LogP contribution in [0, 0.1) is 0 Å². The zero-order valence-corrected chi connectivity index (χ0v) is 35.8. The lowest BCUT2D eigenvalue weighted by Crippen LogP contribution is -2.16. The Hall–Kier alpha value is -6.76. The maximum atomic E-state index is 2.47. The van der Waals surface area contributed by atoms with Gasteiger partial charge in [-0.3, -0.25) is 0 Å². The smallest absolute Gasteiger partial charge is 0.0159 e. The number of hydrogen-bond donors (Lipinski definition) is 0. The van der Waals surface area contributed by atoms with Crippen LogP contribution >= 0.6 is 0 Å². The Morgan fingerprint density at radius 3 is 1.02 bits per heavy atom. The Labute approximate surface area is 360 Å². The van der Waals surface area contributed by atoms with Gasteiger partial charge in [-0.25, -0.2) is 0 Å². The summed E-state index contributed by atoms with van der Waals surface area (Å²) in [6.45, 7) is 14.3. The van der Waals surface area contributed by atoms with Crippen molar-refractivity contribution in [3.05, 3.63) is 215 Å². The van der Waals surface area contributed by atoms with Crippen LogP contribution in [0.2, 0.25) is 0 Å². The van der Waals surface area contributed by atoms with E-state index in [1.165, 1.54) is 122 Å². The highest BCUT2D eigenvalue weighted by Gasteiger charge is 2.39. The van der Waals surface area contributed by atoms with Crippen molar-refractivity contribution in [2.24, 2.45) is 0 Å². The number of fused-ring (bicyclic) bond motifs is 10. The predicted octanol–water partition coefficient (Wildman–Crippen LogP) is 16.4. The maximum absolute atomic E-state index is 2.47. The van der Waals surface area contributed by atoms with Crippen molar-refractivity contribution in [3.8, 4) is 77.9 Å². The van der Waals surface area contributed by atoms with Crippen molar-refractivity contribution in [2.75, 3.05) is 0 Å². The highest BCUT2D eigenvalue weighted by molar-refractivity contribution is 5.97. The van der Waals surface area contributed by atoms with Crippen LogP contribution in [-0.2, 0) is 16.2 Å². The molecular weight excluding hydrogens is 733 g/mol. The molecule has 3 aliphatic rings. The first-order valence-corrected chi connectivity index (χ1v) is 21.9. The summed E-state index contributed by atoms with van der Waals surface area (Å²) in [6, 6.07) is 69.0. The first-order valence-electron chi connectivity index (χ1n) is 21.9. The van der Waals surface area contributed by atoms with Crippen LogP contribution in [0.5, 0.6) is 0 Å². The van der Waals surface area contributed by atoms with Gasteiger partial charge in [0.15, 0.2) is 0 Å². The molecule has 0 spiro atoms. The summed E-state index contributed by atoms with van der Waals surface area (Å²) < 4.78 is 0. The Morgan fingerprint density at radius 1 is 0.230 bits per heavy atom. The van der Waals surface area contributed by atoms with Crippen LogP contribution in [0.1, 0.15) is 74.9 Å². The Kier molecular flexibility index (Phi) is 7.48. The van der Waals surface area contributed by atoms with Gasteiger partial charge in [-0.05, 0) is 152 Å². The molecule has 0 saturated carbocycles. The molecule has 0 nitrogen and oxygen atoms in total. The van der Waals surface area contributed by atoms with E-state index in [9.17, 15) is 0 Å². The maximum Gasteiger partial charge on any atom is 0.0159 e. The third-order valence-electron chi connectivity index (χ3n) is 14.9. The van der Waals surface area contributed by atoms with E-state index in [0.29, 0.717) is 0 Å². The molecule has 0 unspecified atom stereocenters. The third-order valence-corrected chi connectivity index (χ3v) is 14.9. The summed E-state index contributed by atoms with van der Waals surface area (Å²) >= 11 is 0. The van der Waals surface area contributed by atoms with Crippen molar-refractivity contribution < 1.29 is 0 Å². The van der Waals surface area contributed by atoms with E-state index < -0.39 is 0 Å². The zero-order valence-electron chi connectivity index (χ0n) is 35.8. The lowest BCUT2D eigenvalue weighted by Gasteiger charge is -2.24. The van der Waals surface area contributed by atoms with E-state index >= 15 is 0 Å². The summed E-state index contributed by atoms with van der Waals surface area (Å²) in [5, 5.41) is 2.56. The van der Waals surface area contributed by atoms with Crippen LogP contribution in [0.4, 0.5) is 0 Å². The van der Waals surface area contributed by atoms with Gasteiger partial charge in [-0.1, -0.05) is 193 Å².